The molecule has 3 N–H and O–H groups in total. The van der Waals surface area contributed by atoms with E-state index in [9.17, 15) is 9.59 Å². The maximum atomic E-state index is 11.2. The molecule has 8 nitrogen and oxygen atoms in total. The van der Waals surface area contributed by atoms with Crippen LogP contribution in [0.1, 0.15) is 12.8 Å². The Hall–Kier alpha value is -1.51. The third-order valence-corrected chi connectivity index (χ3v) is 2.25. The maximum Gasteiger partial charge on any atom is 0.290 e. The lowest BCUT2D eigenvalue weighted by molar-refractivity contribution is -0.139. The summed E-state index contributed by atoms with van der Waals surface area (Å²) in [5, 5.41) is 6.89. The fraction of sp³-hybridized carbons (Fsp3) is 0.727. The van der Waals surface area contributed by atoms with Crippen LogP contribution in [0.3, 0.4) is 0 Å². The zero-order chi connectivity index (χ0) is 14.5. The van der Waals surface area contributed by atoms with Gasteiger partial charge in [-0.25, -0.2) is 0 Å². The van der Waals surface area contributed by atoms with Crippen molar-refractivity contribution in [2.24, 2.45) is 5.73 Å². The first-order valence-corrected chi connectivity index (χ1v) is 5.94. The smallest absolute Gasteiger partial charge is 0.290 e. The second-order valence-electron chi connectivity index (χ2n) is 3.56. The Bertz CT molecular complexity index is 268. The van der Waals surface area contributed by atoms with Crippen LogP contribution in [0.15, 0.2) is 0 Å². The molecule has 0 bridgehead atoms. The molecular formula is C11H20N2O6. The first-order valence-electron chi connectivity index (χ1n) is 5.94. The van der Waals surface area contributed by atoms with Crippen molar-refractivity contribution in [1.82, 2.24) is 4.90 Å². The number of hydrogen-bond acceptors (Lipinski definition) is 6. The van der Waals surface area contributed by atoms with Crippen molar-refractivity contribution in [2.75, 3.05) is 39.5 Å². The minimum absolute atomic E-state index is 0.104. The van der Waals surface area contributed by atoms with E-state index in [0.29, 0.717) is 52.4 Å². The number of amides is 2. The van der Waals surface area contributed by atoms with E-state index >= 15 is 0 Å². The predicted octanol–water partition coefficient (Wildman–Crippen LogP) is -1.17. The molecule has 2 amide bonds. The van der Waals surface area contributed by atoms with Crippen LogP contribution in [0.25, 0.3) is 0 Å². The summed E-state index contributed by atoms with van der Waals surface area (Å²) in [4.78, 5) is 32.0. The zero-order valence-electron chi connectivity index (χ0n) is 10.7. The van der Waals surface area contributed by atoms with Crippen molar-refractivity contribution in [3.63, 3.8) is 0 Å². The van der Waals surface area contributed by atoms with Gasteiger partial charge in [0.1, 0.15) is 0 Å². The summed E-state index contributed by atoms with van der Waals surface area (Å²) >= 11 is 0. The molecule has 19 heavy (non-hydrogen) atoms. The Balaban J connectivity index is 0.000000982. The summed E-state index contributed by atoms with van der Waals surface area (Å²) in [5.74, 6) is -0.207. The Kier molecular flexibility index (Phi) is 10.7. The molecule has 110 valence electrons. The first kappa shape index (κ1) is 17.5. The molecule has 0 aromatic rings. The van der Waals surface area contributed by atoms with Gasteiger partial charge >= 0.3 is 0 Å². The monoisotopic (exact) mass is 276 g/mol. The summed E-state index contributed by atoms with van der Waals surface area (Å²) in [5.41, 5.74) is 5.24. The van der Waals surface area contributed by atoms with E-state index < -0.39 is 0 Å². The summed E-state index contributed by atoms with van der Waals surface area (Å²) in [6.07, 6.45) is 0.664. The second-order valence-corrected chi connectivity index (χ2v) is 3.56. The van der Waals surface area contributed by atoms with Gasteiger partial charge in [-0.1, -0.05) is 0 Å². The van der Waals surface area contributed by atoms with Crippen LogP contribution in [0.5, 0.6) is 0 Å². The van der Waals surface area contributed by atoms with Crippen LogP contribution in [0, 0.1) is 0 Å². The standard InChI is InChI=1S/C10H18N2O4.CH2O2/c11-3-5-15-7-8-16-6-4-12-9(13)1-2-10(12)14;2-1-3/h1-8,11H2;1H,(H,2,3). The summed E-state index contributed by atoms with van der Waals surface area (Å²) < 4.78 is 10.3. The van der Waals surface area contributed by atoms with E-state index in [1.165, 1.54) is 4.90 Å². The molecule has 0 unspecified atom stereocenters. The number of imide groups is 1. The normalized spacial score (nSPS) is 14.3. The molecular weight excluding hydrogens is 256 g/mol. The number of rotatable bonds is 8. The number of nitrogens with zero attached hydrogens (tertiary/aromatic N) is 1. The quantitative estimate of drug-likeness (QED) is 0.325. The highest BCUT2D eigenvalue weighted by molar-refractivity contribution is 6.01. The summed E-state index contributed by atoms with van der Waals surface area (Å²) in [7, 11) is 0. The molecule has 0 aromatic carbocycles. The number of nitrogens with two attached hydrogens (primary N) is 1. The number of ether oxygens (including phenoxy) is 2. The number of carboxylic acid groups (broad SMARTS) is 1. The molecule has 8 heteroatoms. The van der Waals surface area contributed by atoms with Gasteiger partial charge in [-0.05, 0) is 0 Å². The van der Waals surface area contributed by atoms with Gasteiger partial charge in [0.2, 0.25) is 11.8 Å². The number of carbonyl (C=O) groups is 3. The Labute approximate surface area is 111 Å². The van der Waals surface area contributed by atoms with Crippen LogP contribution >= 0.6 is 0 Å². The second kappa shape index (κ2) is 11.6. The molecule has 0 radical (unpaired) electrons. The molecule has 0 spiro atoms. The van der Waals surface area contributed by atoms with Crippen molar-refractivity contribution >= 4 is 18.3 Å². The average Bonchev–Trinajstić information content (AvgIpc) is 2.70. The van der Waals surface area contributed by atoms with Crippen LogP contribution in [0.4, 0.5) is 0 Å². The Morgan fingerprint density at radius 1 is 1.11 bits per heavy atom. The van der Waals surface area contributed by atoms with Crippen molar-refractivity contribution in [3.05, 3.63) is 0 Å². The lowest BCUT2D eigenvalue weighted by atomic mass is 10.4. The van der Waals surface area contributed by atoms with E-state index in [-0.39, 0.29) is 18.3 Å². The minimum atomic E-state index is -0.250. The molecule has 1 saturated heterocycles. The van der Waals surface area contributed by atoms with Gasteiger partial charge in [0.15, 0.2) is 0 Å². The van der Waals surface area contributed by atoms with Crippen LogP contribution in [-0.2, 0) is 23.9 Å². The lowest BCUT2D eigenvalue weighted by Gasteiger charge is -2.13. The Morgan fingerprint density at radius 3 is 2.05 bits per heavy atom. The molecule has 1 fully saturated rings. The molecule has 1 aliphatic heterocycles. The van der Waals surface area contributed by atoms with Gasteiger partial charge in [0.25, 0.3) is 6.47 Å². The van der Waals surface area contributed by atoms with E-state index in [1.54, 1.807) is 0 Å². The largest absolute Gasteiger partial charge is 0.483 e. The molecule has 0 atom stereocenters. The average molecular weight is 276 g/mol. The van der Waals surface area contributed by atoms with Gasteiger partial charge in [-0.3, -0.25) is 19.3 Å². The predicted molar refractivity (Wildman–Crippen MR) is 65.3 cm³/mol. The van der Waals surface area contributed by atoms with Gasteiger partial charge < -0.3 is 20.3 Å². The third kappa shape index (κ3) is 8.25. The van der Waals surface area contributed by atoms with Gasteiger partial charge in [0, 0.05) is 19.4 Å². The van der Waals surface area contributed by atoms with E-state index in [4.69, 9.17) is 25.1 Å². The highest BCUT2D eigenvalue weighted by Gasteiger charge is 2.27. The SMILES string of the molecule is NCCOCCOCCN1C(=O)CCC1=O.O=CO. The van der Waals surface area contributed by atoms with Gasteiger partial charge in [0.05, 0.1) is 33.0 Å². The molecule has 1 aliphatic rings. The third-order valence-electron chi connectivity index (χ3n) is 2.25. The van der Waals surface area contributed by atoms with E-state index in [1.807, 2.05) is 0 Å². The molecule has 0 saturated carbocycles. The van der Waals surface area contributed by atoms with Crippen molar-refractivity contribution < 1.29 is 29.0 Å². The molecule has 1 rings (SSSR count). The van der Waals surface area contributed by atoms with Crippen molar-refractivity contribution in [3.8, 4) is 0 Å². The van der Waals surface area contributed by atoms with E-state index in [2.05, 4.69) is 0 Å². The summed E-state index contributed by atoms with van der Waals surface area (Å²) in [6, 6.07) is 0. The molecule has 1 heterocycles. The van der Waals surface area contributed by atoms with Crippen molar-refractivity contribution in [1.29, 1.82) is 0 Å². The fourth-order valence-electron chi connectivity index (χ4n) is 1.43. The highest BCUT2D eigenvalue weighted by Crippen LogP contribution is 2.10. The first-order chi connectivity index (χ1) is 9.17. The van der Waals surface area contributed by atoms with E-state index in [0.717, 1.165) is 0 Å². The maximum absolute atomic E-state index is 11.2. The minimum Gasteiger partial charge on any atom is -0.483 e. The lowest BCUT2D eigenvalue weighted by Crippen LogP contribution is -2.32. The fourth-order valence-corrected chi connectivity index (χ4v) is 1.43. The molecule has 0 aliphatic carbocycles. The topological polar surface area (TPSA) is 119 Å². The van der Waals surface area contributed by atoms with Crippen LogP contribution < -0.4 is 5.73 Å². The van der Waals surface area contributed by atoms with Crippen LogP contribution in [0.2, 0.25) is 0 Å². The van der Waals surface area contributed by atoms with Crippen molar-refractivity contribution in [2.45, 2.75) is 12.8 Å². The van der Waals surface area contributed by atoms with Gasteiger partial charge in [-0.2, -0.15) is 0 Å². The van der Waals surface area contributed by atoms with Crippen LogP contribution in [-0.4, -0.2) is 67.8 Å². The number of hydrogen-bond donors (Lipinski definition) is 2. The zero-order valence-corrected chi connectivity index (χ0v) is 10.7. The summed E-state index contributed by atoms with van der Waals surface area (Å²) in [6.45, 7) is 2.41. The number of carbonyl (C=O) groups excluding carboxylic acids is 2. The Morgan fingerprint density at radius 2 is 1.58 bits per heavy atom. The van der Waals surface area contributed by atoms with Gasteiger partial charge in [-0.15, -0.1) is 0 Å². The highest BCUT2D eigenvalue weighted by atomic mass is 16.5. The molecule has 0 aromatic heterocycles. The number of likely N-dealkylation sites (tertiary alicyclic amines) is 1.